The van der Waals surface area contributed by atoms with Crippen LogP contribution in [0.15, 0.2) is 60.7 Å². The van der Waals surface area contributed by atoms with Gasteiger partial charge in [0.2, 0.25) is 5.91 Å². The van der Waals surface area contributed by atoms with E-state index in [1.54, 1.807) is 32.9 Å². The van der Waals surface area contributed by atoms with E-state index in [0.717, 1.165) is 59.8 Å². The van der Waals surface area contributed by atoms with E-state index in [1.165, 1.54) is 24.8 Å². The van der Waals surface area contributed by atoms with E-state index in [0.29, 0.717) is 11.6 Å². The SMILES string of the molecule is CC(C)(C)OC(=O)N(C(=O)CN)c1ccc(-c2cc(CCCc3ccccc3)nc(C3CCCCC3)n2)cc1. The molecule has 1 aliphatic carbocycles. The molecule has 0 atom stereocenters. The standard InChI is InChI=1S/C32H40N4O3/c1-32(2,3)39-31(38)36(29(37)22-33)27-19-17-24(18-20-27)28-21-26(16-10-13-23-11-6-4-7-12-23)34-30(35-28)25-14-8-5-9-15-25/h4,6-7,11-12,17-21,25H,5,8-10,13-16,22,33H2,1-3H3. The van der Waals surface area contributed by atoms with Crippen molar-refractivity contribution < 1.29 is 14.3 Å². The van der Waals surface area contributed by atoms with Crippen molar-refractivity contribution in [2.24, 2.45) is 5.73 Å². The number of benzene rings is 2. The van der Waals surface area contributed by atoms with E-state index >= 15 is 0 Å². The second kappa shape index (κ2) is 13.0. The zero-order valence-electron chi connectivity index (χ0n) is 23.4. The van der Waals surface area contributed by atoms with Gasteiger partial charge in [-0.05, 0) is 76.6 Å². The molecular weight excluding hydrogens is 488 g/mol. The molecule has 0 spiro atoms. The molecule has 2 N–H and O–H groups in total. The number of aryl methyl sites for hydroxylation is 2. The van der Waals surface area contributed by atoms with Crippen LogP contribution in [0.25, 0.3) is 11.3 Å². The fourth-order valence-corrected chi connectivity index (χ4v) is 4.99. The fourth-order valence-electron chi connectivity index (χ4n) is 4.99. The van der Waals surface area contributed by atoms with Gasteiger partial charge in [-0.2, -0.15) is 0 Å². The first-order chi connectivity index (χ1) is 18.7. The van der Waals surface area contributed by atoms with Gasteiger partial charge < -0.3 is 10.5 Å². The zero-order valence-corrected chi connectivity index (χ0v) is 23.4. The minimum Gasteiger partial charge on any atom is -0.443 e. The first-order valence-corrected chi connectivity index (χ1v) is 14.0. The van der Waals surface area contributed by atoms with Crippen LogP contribution in [-0.4, -0.2) is 34.1 Å². The quantitative estimate of drug-likeness (QED) is 0.354. The molecule has 1 fully saturated rings. The number of rotatable bonds is 8. The summed E-state index contributed by atoms with van der Waals surface area (Å²) in [6.45, 7) is 4.98. The number of hydrogen-bond donors (Lipinski definition) is 1. The average Bonchev–Trinajstić information content (AvgIpc) is 2.93. The third-order valence-corrected chi connectivity index (χ3v) is 6.93. The Hall–Kier alpha value is -3.58. The molecule has 0 bridgehead atoms. The Bertz CT molecular complexity index is 1250. The number of carbonyl (C=O) groups is 2. The van der Waals surface area contributed by atoms with Crippen LogP contribution in [0.4, 0.5) is 10.5 Å². The van der Waals surface area contributed by atoms with Crippen LogP contribution < -0.4 is 10.6 Å². The third-order valence-electron chi connectivity index (χ3n) is 6.93. The van der Waals surface area contributed by atoms with Crippen LogP contribution in [0.3, 0.4) is 0 Å². The van der Waals surface area contributed by atoms with E-state index in [-0.39, 0.29) is 6.54 Å². The van der Waals surface area contributed by atoms with Gasteiger partial charge in [-0.25, -0.2) is 19.7 Å². The Labute approximate surface area is 231 Å². The topological polar surface area (TPSA) is 98.4 Å². The normalized spacial score (nSPS) is 14.2. The highest BCUT2D eigenvalue weighted by molar-refractivity contribution is 6.13. The number of anilines is 1. The van der Waals surface area contributed by atoms with E-state index in [2.05, 4.69) is 30.3 Å². The van der Waals surface area contributed by atoms with Crippen molar-refractivity contribution in [2.75, 3.05) is 11.4 Å². The van der Waals surface area contributed by atoms with Crippen molar-refractivity contribution in [2.45, 2.75) is 83.7 Å². The van der Waals surface area contributed by atoms with Crippen molar-refractivity contribution in [3.63, 3.8) is 0 Å². The largest absolute Gasteiger partial charge is 0.443 e. The van der Waals surface area contributed by atoms with Gasteiger partial charge in [-0.3, -0.25) is 4.79 Å². The lowest BCUT2D eigenvalue weighted by Gasteiger charge is -2.26. The molecule has 7 heteroatoms. The Morgan fingerprint density at radius 3 is 2.28 bits per heavy atom. The molecule has 4 rings (SSSR count). The van der Waals surface area contributed by atoms with Crippen LogP contribution in [-0.2, 0) is 22.4 Å². The van der Waals surface area contributed by atoms with Crippen molar-refractivity contribution >= 4 is 17.7 Å². The molecule has 1 aliphatic rings. The monoisotopic (exact) mass is 528 g/mol. The van der Waals surface area contributed by atoms with Crippen molar-refractivity contribution in [1.82, 2.24) is 9.97 Å². The molecule has 3 aromatic rings. The molecule has 1 saturated carbocycles. The minimum atomic E-state index is -0.743. The molecule has 0 aliphatic heterocycles. The number of nitrogens with two attached hydrogens (primary N) is 1. The molecule has 0 unspecified atom stereocenters. The molecule has 2 aromatic carbocycles. The minimum absolute atomic E-state index is 0.302. The Morgan fingerprint density at radius 2 is 1.64 bits per heavy atom. The predicted octanol–water partition coefficient (Wildman–Crippen LogP) is 6.59. The van der Waals surface area contributed by atoms with Crippen LogP contribution in [0.1, 0.15) is 82.3 Å². The highest BCUT2D eigenvalue weighted by Gasteiger charge is 2.28. The zero-order chi connectivity index (χ0) is 27.8. The van der Waals surface area contributed by atoms with Gasteiger partial charge in [0.05, 0.1) is 17.9 Å². The summed E-state index contributed by atoms with van der Waals surface area (Å²) in [5.74, 6) is 0.787. The van der Waals surface area contributed by atoms with Gasteiger partial charge in [-0.15, -0.1) is 0 Å². The molecule has 0 saturated heterocycles. The van der Waals surface area contributed by atoms with E-state index in [4.69, 9.17) is 20.4 Å². The lowest BCUT2D eigenvalue weighted by molar-refractivity contribution is -0.117. The number of aromatic nitrogens is 2. The van der Waals surface area contributed by atoms with Gasteiger partial charge in [0.1, 0.15) is 11.4 Å². The average molecular weight is 529 g/mol. The van der Waals surface area contributed by atoms with E-state index < -0.39 is 17.6 Å². The van der Waals surface area contributed by atoms with Gasteiger partial charge in [-0.1, -0.05) is 61.7 Å². The van der Waals surface area contributed by atoms with Gasteiger partial charge in [0.25, 0.3) is 0 Å². The summed E-state index contributed by atoms with van der Waals surface area (Å²) < 4.78 is 5.45. The van der Waals surface area contributed by atoms with Crippen molar-refractivity contribution in [3.05, 3.63) is 77.7 Å². The molecule has 1 heterocycles. The summed E-state index contributed by atoms with van der Waals surface area (Å²) in [5.41, 5.74) is 9.42. The summed E-state index contributed by atoms with van der Waals surface area (Å²) in [7, 11) is 0. The highest BCUT2D eigenvalue weighted by atomic mass is 16.6. The van der Waals surface area contributed by atoms with Crippen LogP contribution in [0.2, 0.25) is 0 Å². The second-order valence-corrected chi connectivity index (χ2v) is 11.2. The maximum Gasteiger partial charge on any atom is 0.421 e. The second-order valence-electron chi connectivity index (χ2n) is 11.2. The molecule has 1 aromatic heterocycles. The smallest absolute Gasteiger partial charge is 0.421 e. The van der Waals surface area contributed by atoms with Gasteiger partial charge >= 0.3 is 6.09 Å². The number of ether oxygens (including phenoxy) is 1. The summed E-state index contributed by atoms with van der Waals surface area (Å²) in [5, 5.41) is 0. The molecular formula is C32H40N4O3. The summed E-state index contributed by atoms with van der Waals surface area (Å²) in [6, 6.07) is 19.8. The highest BCUT2D eigenvalue weighted by Crippen LogP contribution is 2.32. The lowest BCUT2D eigenvalue weighted by atomic mass is 9.88. The molecule has 206 valence electrons. The number of carbonyl (C=O) groups excluding carboxylic acids is 2. The van der Waals surface area contributed by atoms with Crippen molar-refractivity contribution in [1.29, 1.82) is 0 Å². The first-order valence-electron chi connectivity index (χ1n) is 14.0. The van der Waals surface area contributed by atoms with Gasteiger partial charge in [0, 0.05) is 17.2 Å². The maximum absolute atomic E-state index is 12.8. The number of nitrogens with zero attached hydrogens (tertiary/aromatic N) is 3. The lowest BCUT2D eigenvalue weighted by Crippen LogP contribution is -2.43. The summed E-state index contributed by atoms with van der Waals surface area (Å²) in [4.78, 5) is 36.3. The van der Waals surface area contributed by atoms with E-state index in [9.17, 15) is 9.59 Å². The Kier molecular flexibility index (Phi) is 9.46. The van der Waals surface area contributed by atoms with Gasteiger partial charge in [0.15, 0.2) is 0 Å². The third kappa shape index (κ3) is 7.96. The van der Waals surface area contributed by atoms with E-state index in [1.807, 2.05) is 18.2 Å². The summed E-state index contributed by atoms with van der Waals surface area (Å²) in [6.07, 6.45) is 8.09. The maximum atomic E-state index is 12.8. The molecule has 0 radical (unpaired) electrons. The van der Waals surface area contributed by atoms with Crippen LogP contribution in [0, 0.1) is 0 Å². The molecule has 39 heavy (non-hydrogen) atoms. The van der Waals surface area contributed by atoms with Crippen molar-refractivity contribution in [3.8, 4) is 11.3 Å². The molecule has 2 amide bonds. The predicted molar refractivity (Wildman–Crippen MR) is 155 cm³/mol. The molecule has 7 nitrogen and oxygen atoms in total. The number of amides is 2. The summed E-state index contributed by atoms with van der Waals surface area (Å²) >= 11 is 0. The Balaban J connectivity index is 1.59. The first kappa shape index (κ1) is 28.4. The number of imide groups is 1. The number of hydrogen-bond acceptors (Lipinski definition) is 6. The van der Waals surface area contributed by atoms with Crippen LogP contribution >= 0.6 is 0 Å². The van der Waals surface area contributed by atoms with Crippen LogP contribution in [0.5, 0.6) is 0 Å². The fraction of sp³-hybridized carbons (Fsp3) is 0.438. The Morgan fingerprint density at radius 1 is 0.949 bits per heavy atom.